The summed E-state index contributed by atoms with van der Waals surface area (Å²) in [6, 6.07) is 1.58. The number of ether oxygens (including phenoxy) is 3. The van der Waals surface area contributed by atoms with E-state index in [2.05, 4.69) is 15.0 Å². The van der Waals surface area contributed by atoms with Crippen molar-refractivity contribution in [3.05, 3.63) is 51.1 Å². The predicted octanol–water partition coefficient (Wildman–Crippen LogP) is 2.96. The van der Waals surface area contributed by atoms with Crippen LogP contribution in [0.3, 0.4) is 0 Å². The Kier molecular flexibility index (Phi) is 8.94. The molecule has 1 saturated heterocycles. The van der Waals surface area contributed by atoms with Crippen molar-refractivity contribution < 1.29 is 36.6 Å². The molecule has 1 amide bonds. The number of amides is 1. The molecule has 11 nitrogen and oxygen atoms in total. The Hall–Kier alpha value is -3.69. The molecule has 1 unspecified atom stereocenters. The van der Waals surface area contributed by atoms with Crippen LogP contribution < -0.4 is 21.1 Å². The van der Waals surface area contributed by atoms with Crippen molar-refractivity contribution in [3.8, 4) is 6.01 Å². The van der Waals surface area contributed by atoms with Crippen LogP contribution in [0.2, 0.25) is 0 Å². The zero-order chi connectivity index (χ0) is 30.9. The number of hydrogen-bond donors (Lipinski definition) is 2. The van der Waals surface area contributed by atoms with E-state index in [4.69, 9.17) is 37.3 Å². The van der Waals surface area contributed by atoms with Crippen molar-refractivity contribution in [1.29, 1.82) is 0 Å². The minimum atomic E-state index is -4.83. The highest BCUT2D eigenvalue weighted by atomic mass is 35.5. The number of anilines is 2. The monoisotopic (exact) mass is 627 g/mol. The van der Waals surface area contributed by atoms with Crippen molar-refractivity contribution in [3.63, 3.8) is 0 Å². The molecule has 0 saturated carbocycles. The van der Waals surface area contributed by atoms with Crippen molar-refractivity contribution in [2.24, 2.45) is 10.7 Å². The Balaban J connectivity index is 1.46. The molecule has 4 N–H and O–H groups in total. The van der Waals surface area contributed by atoms with Gasteiger partial charge in [-0.15, -0.1) is 0 Å². The highest BCUT2D eigenvalue weighted by Crippen LogP contribution is 2.43. The summed E-state index contributed by atoms with van der Waals surface area (Å²) < 4.78 is 72.9. The van der Waals surface area contributed by atoms with E-state index in [1.165, 1.54) is 7.11 Å². The quantitative estimate of drug-likeness (QED) is 0.291. The van der Waals surface area contributed by atoms with E-state index in [0.717, 1.165) is 12.1 Å². The molecular weight excluding hydrogens is 598 g/mol. The van der Waals surface area contributed by atoms with E-state index in [1.807, 2.05) is 4.90 Å². The van der Waals surface area contributed by atoms with Crippen LogP contribution in [0, 0.1) is 5.82 Å². The lowest BCUT2D eigenvalue weighted by Gasteiger charge is -2.32. The first-order chi connectivity index (χ1) is 20.5. The van der Waals surface area contributed by atoms with Crippen LogP contribution in [-0.2, 0) is 33.5 Å². The highest BCUT2D eigenvalue weighted by Gasteiger charge is 2.40. The Labute approximate surface area is 249 Å². The molecule has 232 valence electrons. The lowest BCUT2D eigenvalue weighted by Crippen LogP contribution is -2.43. The second-order valence-electron chi connectivity index (χ2n) is 10.1. The van der Waals surface area contributed by atoms with Crippen LogP contribution in [0.1, 0.15) is 34.9 Å². The molecule has 16 heteroatoms. The van der Waals surface area contributed by atoms with Crippen LogP contribution in [0.15, 0.2) is 27.9 Å². The van der Waals surface area contributed by atoms with Crippen molar-refractivity contribution in [2.45, 2.75) is 31.7 Å². The third-order valence-corrected chi connectivity index (χ3v) is 7.85. The number of benzene rings is 1. The number of methoxy groups -OCH3 is 1. The number of aliphatic imine (C=N–C) groups is 1. The van der Waals surface area contributed by atoms with Crippen LogP contribution in [0.25, 0.3) is 0 Å². The summed E-state index contributed by atoms with van der Waals surface area (Å²) in [7, 11) is 1.36. The summed E-state index contributed by atoms with van der Waals surface area (Å²) >= 11 is 6.62. The number of carbonyl (C=O) groups excluding carboxylic acids is 1. The van der Waals surface area contributed by atoms with Crippen LogP contribution in [0.4, 0.5) is 29.1 Å². The number of halogens is 5. The maximum atomic E-state index is 15.0. The number of fused-ring (bicyclic) bond motifs is 1. The molecule has 1 atom stereocenters. The fraction of sp³-hybridized carbons (Fsp3) is 0.481. The first-order valence-electron chi connectivity index (χ1n) is 13.5. The molecule has 0 spiro atoms. The summed E-state index contributed by atoms with van der Waals surface area (Å²) in [5.74, 6) is -1.22. The molecule has 0 bridgehead atoms. The van der Waals surface area contributed by atoms with Gasteiger partial charge in [0.05, 0.1) is 67.3 Å². The molecule has 3 aliphatic heterocycles. The van der Waals surface area contributed by atoms with E-state index in [9.17, 15) is 18.0 Å². The molecule has 43 heavy (non-hydrogen) atoms. The van der Waals surface area contributed by atoms with Crippen molar-refractivity contribution >= 4 is 34.7 Å². The molecule has 0 aliphatic carbocycles. The molecular formula is C27H30ClF4N7O4. The predicted molar refractivity (Wildman–Crippen MR) is 149 cm³/mol. The molecule has 1 aromatic carbocycles. The van der Waals surface area contributed by atoms with E-state index < -0.39 is 40.8 Å². The second kappa shape index (κ2) is 12.5. The molecule has 3 aliphatic rings. The summed E-state index contributed by atoms with van der Waals surface area (Å²) in [6.07, 6.45) is -5.74. The number of hydrogen-bond acceptors (Lipinski definition) is 10. The van der Waals surface area contributed by atoms with Crippen LogP contribution in [-0.4, -0.2) is 79.5 Å². The number of carbonyl (C=O) groups is 1. The van der Waals surface area contributed by atoms with Crippen LogP contribution in [0.5, 0.6) is 6.01 Å². The molecule has 0 radical (unpaired) electrons. The SMILES string of the molecule is COc1nc2c(c(N3CCCN=C(/C(Cl)=C(\N)C(=O)N4CCOCC4)C3)n1)COC(c1c(C(F)(F)F)ccc(N)c1F)C2. The summed E-state index contributed by atoms with van der Waals surface area (Å²) in [5, 5.41) is 0.0198. The van der Waals surface area contributed by atoms with Crippen molar-refractivity contribution in [2.75, 3.05) is 63.7 Å². The van der Waals surface area contributed by atoms with E-state index >= 15 is 4.39 Å². The summed E-state index contributed by atoms with van der Waals surface area (Å²) in [6.45, 7) is 2.35. The second-order valence-corrected chi connectivity index (χ2v) is 10.5. The van der Waals surface area contributed by atoms with E-state index in [1.54, 1.807) is 4.90 Å². The lowest BCUT2D eigenvalue weighted by molar-refractivity contribution is -0.140. The minimum Gasteiger partial charge on any atom is -0.467 e. The van der Waals surface area contributed by atoms with Gasteiger partial charge in [-0.1, -0.05) is 11.6 Å². The fourth-order valence-electron chi connectivity index (χ4n) is 5.23. The lowest BCUT2D eigenvalue weighted by atomic mass is 9.94. The van der Waals surface area contributed by atoms with Gasteiger partial charge in [0.15, 0.2) is 5.82 Å². The van der Waals surface area contributed by atoms with Gasteiger partial charge in [0.2, 0.25) is 0 Å². The third-order valence-electron chi connectivity index (χ3n) is 7.43. The smallest absolute Gasteiger partial charge is 0.416 e. The Morgan fingerprint density at radius 2 is 1.93 bits per heavy atom. The van der Waals surface area contributed by atoms with Crippen LogP contribution >= 0.6 is 11.6 Å². The van der Waals surface area contributed by atoms with Gasteiger partial charge in [-0.2, -0.15) is 23.1 Å². The standard InChI is InChI=1S/C27H30ClF4N7O4/c1-41-26-36-17-11-19(20-15(27(30,31)32)3-4-16(33)22(20)29)43-13-14(17)24(37-26)39-6-2-5-35-18(12-39)21(28)23(34)25(40)38-7-9-42-10-8-38/h3-4,19H,2,5-13,33-34H2,1H3/b23-21+. The number of nitrogen functional groups attached to an aromatic ring is 1. The normalized spacial score (nSPS) is 20.1. The highest BCUT2D eigenvalue weighted by molar-refractivity contribution is 6.45. The number of rotatable bonds is 5. The topological polar surface area (TPSA) is 141 Å². The van der Waals surface area contributed by atoms with E-state index in [-0.39, 0.29) is 36.3 Å². The van der Waals surface area contributed by atoms with Gasteiger partial charge >= 0.3 is 12.2 Å². The number of nitrogens with two attached hydrogens (primary N) is 2. The van der Waals surface area contributed by atoms with Gasteiger partial charge in [0.25, 0.3) is 5.91 Å². The first kappa shape index (κ1) is 30.8. The van der Waals surface area contributed by atoms with Gasteiger partial charge in [0.1, 0.15) is 11.5 Å². The number of alkyl halides is 3. The van der Waals surface area contributed by atoms with Gasteiger partial charge in [-0.05, 0) is 18.6 Å². The first-order valence-corrected chi connectivity index (χ1v) is 13.9. The average Bonchev–Trinajstić information content (AvgIpc) is 3.26. The summed E-state index contributed by atoms with van der Waals surface area (Å²) in [4.78, 5) is 29.8. The van der Waals surface area contributed by atoms with Gasteiger partial charge in [-0.25, -0.2) is 4.39 Å². The number of nitrogens with zero attached hydrogens (tertiary/aromatic N) is 5. The van der Waals surface area contributed by atoms with E-state index in [0.29, 0.717) is 68.6 Å². The zero-order valence-electron chi connectivity index (χ0n) is 23.2. The van der Waals surface area contributed by atoms with Gasteiger partial charge < -0.3 is 35.5 Å². The molecule has 4 heterocycles. The molecule has 2 aromatic rings. The number of morpholine rings is 1. The summed E-state index contributed by atoms with van der Waals surface area (Å²) in [5.41, 5.74) is 10.6. The van der Waals surface area contributed by atoms with Gasteiger partial charge in [0, 0.05) is 43.7 Å². The minimum absolute atomic E-state index is 0.0198. The molecule has 1 aromatic heterocycles. The Morgan fingerprint density at radius 3 is 2.63 bits per heavy atom. The zero-order valence-corrected chi connectivity index (χ0v) is 24.0. The fourth-order valence-corrected chi connectivity index (χ4v) is 5.43. The third kappa shape index (κ3) is 6.33. The molecule has 1 fully saturated rings. The molecule has 5 rings (SSSR count). The Morgan fingerprint density at radius 1 is 1.19 bits per heavy atom. The largest absolute Gasteiger partial charge is 0.467 e. The van der Waals surface area contributed by atoms with Crippen molar-refractivity contribution in [1.82, 2.24) is 14.9 Å². The van der Waals surface area contributed by atoms with Gasteiger partial charge in [-0.3, -0.25) is 9.79 Å². The maximum Gasteiger partial charge on any atom is 0.416 e. The average molecular weight is 628 g/mol. The Bertz CT molecular complexity index is 1460. The number of aromatic nitrogens is 2. The maximum absolute atomic E-state index is 15.0.